The zero-order chi connectivity index (χ0) is 17.9. The maximum Gasteiger partial charge on any atom is 0.188 e. The fourth-order valence-electron chi connectivity index (χ4n) is 2.90. The molecule has 4 nitrogen and oxygen atoms in total. The summed E-state index contributed by atoms with van der Waals surface area (Å²) in [6.45, 7) is 0. The van der Waals surface area contributed by atoms with Gasteiger partial charge in [0.2, 0.25) is 0 Å². The van der Waals surface area contributed by atoms with Crippen molar-refractivity contribution < 1.29 is 10.0 Å². The van der Waals surface area contributed by atoms with Crippen LogP contribution in [0.25, 0.3) is 5.70 Å². The van der Waals surface area contributed by atoms with Crippen LogP contribution in [0.1, 0.15) is 21.5 Å². The summed E-state index contributed by atoms with van der Waals surface area (Å²) in [7, 11) is 0. The first kappa shape index (κ1) is 16.0. The highest BCUT2D eigenvalue weighted by Gasteiger charge is 2.25. The van der Waals surface area contributed by atoms with Crippen molar-refractivity contribution in [1.29, 1.82) is 0 Å². The largest absolute Gasteiger partial charge is 0.289 e. The van der Waals surface area contributed by atoms with E-state index in [1.54, 1.807) is 12.1 Å². The summed E-state index contributed by atoms with van der Waals surface area (Å²) in [4.78, 5) is 17.2. The summed E-state index contributed by atoms with van der Waals surface area (Å²) in [5, 5.41) is 11.8. The molecule has 0 amide bonds. The van der Waals surface area contributed by atoms with E-state index in [0.717, 1.165) is 10.6 Å². The minimum Gasteiger partial charge on any atom is -0.289 e. The molecule has 1 aliphatic heterocycles. The average molecular weight is 340 g/mol. The van der Waals surface area contributed by atoms with Crippen molar-refractivity contribution in [2.75, 3.05) is 0 Å². The number of carbonyl (C=O) groups excluding carboxylic acids is 1. The number of aliphatic imine (C=N–C) groups is 1. The van der Waals surface area contributed by atoms with Crippen molar-refractivity contribution >= 4 is 23.0 Å². The molecule has 0 saturated heterocycles. The van der Waals surface area contributed by atoms with Gasteiger partial charge in [0, 0.05) is 22.8 Å². The molecule has 4 rings (SSSR count). The molecule has 0 atom stereocenters. The Hall–Kier alpha value is -3.50. The Morgan fingerprint density at radius 3 is 2.19 bits per heavy atom. The number of allylic oxidation sites excluding steroid dienone is 1. The van der Waals surface area contributed by atoms with Crippen LogP contribution in [0.5, 0.6) is 0 Å². The normalized spacial score (nSPS) is 14.7. The lowest BCUT2D eigenvalue weighted by Crippen LogP contribution is -2.30. The van der Waals surface area contributed by atoms with Gasteiger partial charge in [-0.2, -0.15) is 0 Å². The van der Waals surface area contributed by atoms with Crippen molar-refractivity contribution in [3.05, 3.63) is 108 Å². The molecule has 0 bridgehead atoms. The van der Waals surface area contributed by atoms with Crippen LogP contribution in [-0.4, -0.2) is 21.9 Å². The molecule has 0 aromatic heterocycles. The third-order valence-corrected chi connectivity index (χ3v) is 4.19. The van der Waals surface area contributed by atoms with Crippen LogP contribution in [0, 0.1) is 0 Å². The number of rotatable bonds is 3. The summed E-state index contributed by atoms with van der Waals surface area (Å²) in [6, 6.07) is 25.8. The van der Waals surface area contributed by atoms with Gasteiger partial charge >= 0.3 is 0 Å². The third-order valence-electron chi connectivity index (χ3n) is 4.19. The zero-order valence-electron chi connectivity index (χ0n) is 13.9. The van der Waals surface area contributed by atoms with Gasteiger partial charge in [0.25, 0.3) is 0 Å². The number of para-hydroxylation sites is 1. The maximum absolute atomic E-state index is 12.7. The standard InChI is InChI=1S/C22H16N2O2/c25-21(16-9-3-1-4-10-16)15-20-18-13-7-8-14-19(18)23-22(24(20)26)17-11-5-2-6-12-17/h1-15,26H/b20-15-. The number of hydroxylamine groups is 2. The van der Waals surface area contributed by atoms with Crippen molar-refractivity contribution in [2.45, 2.75) is 0 Å². The molecule has 1 heterocycles. The van der Waals surface area contributed by atoms with E-state index in [2.05, 4.69) is 4.99 Å². The molecule has 126 valence electrons. The Labute approximate surface area is 151 Å². The van der Waals surface area contributed by atoms with Crippen LogP contribution >= 0.6 is 0 Å². The Kier molecular flexibility index (Phi) is 4.17. The van der Waals surface area contributed by atoms with E-state index in [1.807, 2.05) is 72.8 Å². The van der Waals surface area contributed by atoms with E-state index in [-0.39, 0.29) is 5.78 Å². The average Bonchev–Trinajstić information content (AvgIpc) is 2.71. The van der Waals surface area contributed by atoms with E-state index in [0.29, 0.717) is 28.3 Å². The molecule has 3 aromatic carbocycles. The minimum atomic E-state index is -0.177. The van der Waals surface area contributed by atoms with Crippen LogP contribution in [0.15, 0.2) is 96.0 Å². The monoisotopic (exact) mass is 340 g/mol. The first-order chi connectivity index (χ1) is 12.7. The molecule has 1 N–H and O–H groups in total. The van der Waals surface area contributed by atoms with Gasteiger partial charge in [-0.3, -0.25) is 10.0 Å². The van der Waals surface area contributed by atoms with Crippen molar-refractivity contribution in [3.8, 4) is 0 Å². The molecule has 0 unspecified atom stereocenters. The predicted octanol–water partition coefficient (Wildman–Crippen LogP) is 4.69. The molecule has 1 aliphatic rings. The number of fused-ring (bicyclic) bond motifs is 1. The van der Waals surface area contributed by atoms with Gasteiger partial charge in [-0.05, 0) is 6.07 Å². The summed E-state index contributed by atoms with van der Waals surface area (Å²) in [5.41, 5.74) is 3.16. The smallest absolute Gasteiger partial charge is 0.188 e. The first-order valence-corrected chi connectivity index (χ1v) is 8.27. The molecule has 0 aliphatic carbocycles. The summed E-state index contributed by atoms with van der Waals surface area (Å²) >= 11 is 0. The van der Waals surface area contributed by atoms with Gasteiger partial charge in [0.15, 0.2) is 11.6 Å². The topological polar surface area (TPSA) is 52.9 Å². The van der Waals surface area contributed by atoms with Gasteiger partial charge in [-0.1, -0.05) is 78.9 Å². The second-order valence-corrected chi connectivity index (χ2v) is 5.89. The van der Waals surface area contributed by atoms with Crippen LogP contribution in [0.3, 0.4) is 0 Å². The van der Waals surface area contributed by atoms with Gasteiger partial charge in [0.05, 0.1) is 11.4 Å². The lowest BCUT2D eigenvalue weighted by Gasteiger charge is -2.27. The number of hydrogen-bond donors (Lipinski definition) is 1. The maximum atomic E-state index is 12.7. The van der Waals surface area contributed by atoms with Gasteiger partial charge in [-0.25, -0.2) is 10.1 Å². The Balaban J connectivity index is 1.83. The highest BCUT2D eigenvalue weighted by molar-refractivity contribution is 6.13. The fraction of sp³-hybridized carbons (Fsp3) is 0. The van der Waals surface area contributed by atoms with E-state index < -0.39 is 0 Å². The fourth-order valence-corrected chi connectivity index (χ4v) is 2.90. The third kappa shape index (κ3) is 2.94. The highest BCUT2D eigenvalue weighted by Crippen LogP contribution is 2.34. The van der Waals surface area contributed by atoms with Gasteiger partial charge < -0.3 is 0 Å². The Morgan fingerprint density at radius 1 is 0.846 bits per heavy atom. The number of amidine groups is 1. The molecule has 4 heteroatoms. The molecule has 0 saturated carbocycles. The van der Waals surface area contributed by atoms with Gasteiger partial charge in [0.1, 0.15) is 0 Å². The number of benzene rings is 3. The van der Waals surface area contributed by atoms with Gasteiger partial charge in [-0.15, -0.1) is 0 Å². The molecule has 0 radical (unpaired) electrons. The number of ketones is 1. The van der Waals surface area contributed by atoms with Crippen molar-refractivity contribution in [2.24, 2.45) is 4.99 Å². The molecular weight excluding hydrogens is 324 g/mol. The van der Waals surface area contributed by atoms with Crippen molar-refractivity contribution in [1.82, 2.24) is 5.06 Å². The Bertz CT molecular complexity index is 1010. The quantitative estimate of drug-likeness (QED) is 0.556. The molecule has 0 spiro atoms. The molecule has 26 heavy (non-hydrogen) atoms. The first-order valence-electron chi connectivity index (χ1n) is 8.27. The summed E-state index contributed by atoms with van der Waals surface area (Å²) in [5.74, 6) is 0.208. The summed E-state index contributed by atoms with van der Waals surface area (Å²) < 4.78 is 0. The second-order valence-electron chi connectivity index (χ2n) is 5.89. The minimum absolute atomic E-state index is 0.177. The van der Waals surface area contributed by atoms with E-state index >= 15 is 0 Å². The van der Waals surface area contributed by atoms with Crippen LogP contribution in [-0.2, 0) is 0 Å². The predicted molar refractivity (Wildman–Crippen MR) is 101 cm³/mol. The SMILES string of the molecule is O=C(/C=C1/c2ccccc2N=C(c2ccccc2)N1O)c1ccccc1. The second kappa shape index (κ2) is 6.78. The Morgan fingerprint density at radius 2 is 1.46 bits per heavy atom. The lowest BCUT2D eigenvalue weighted by atomic mass is 10.0. The van der Waals surface area contributed by atoms with Crippen LogP contribution in [0.2, 0.25) is 0 Å². The number of carbonyl (C=O) groups is 1. The number of hydrogen-bond acceptors (Lipinski definition) is 4. The van der Waals surface area contributed by atoms with Crippen LogP contribution < -0.4 is 0 Å². The van der Waals surface area contributed by atoms with E-state index in [4.69, 9.17) is 0 Å². The zero-order valence-corrected chi connectivity index (χ0v) is 13.9. The van der Waals surface area contributed by atoms with E-state index in [9.17, 15) is 10.0 Å². The van der Waals surface area contributed by atoms with E-state index in [1.165, 1.54) is 6.08 Å². The number of nitrogens with zero attached hydrogens (tertiary/aromatic N) is 2. The lowest BCUT2D eigenvalue weighted by molar-refractivity contribution is 0.0502. The summed E-state index contributed by atoms with van der Waals surface area (Å²) in [6.07, 6.45) is 1.45. The molecule has 3 aromatic rings. The highest BCUT2D eigenvalue weighted by atomic mass is 16.5. The molecular formula is C22H16N2O2. The van der Waals surface area contributed by atoms with Crippen molar-refractivity contribution in [3.63, 3.8) is 0 Å². The molecule has 0 fully saturated rings. The van der Waals surface area contributed by atoms with Crippen LogP contribution in [0.4, 0.5) is 5.69 Å².